The molecule has 23 heavy (non-hydrogen) atoms. The quantitative estimate of drug-likeness (QED) is 0.920. The SMILES string of the molecule is COc1ccccc1C(C)NC(=O)CN1Cc2cccnc2C1. The number of nitrogens with zero attached hydrogens (tertiary/aromatic N) is 2. The largest absolute Gasteiger partial charge is 0.496 e. The minimum atomic E-state index is -0.0956. The molecule has 1 atom stereocenters. The lowest BCUT2D eigenvalue weighted by atomic mass is 10.1. The van der Waals surface area contributed by atoms with Crippen molar-refractivity contribution >= 4 is 5.91 Å². The molecule has 1 unspecified atom stereocenters. The van der Waals surface area contributed by atoms with E-state index in [4.69, 9.17) is 4.74 Å². The van der Waals surface area contributed by atoms with E-state index in [0.29, 0.717) is 6.54 Å². The summed E-state index contributed by atoms with van der Waals surface area (Å²) >= 11 is 0. The molecule has 1 amide bonds. The van der Waals surface area contributed by atoms with Crippen molar-refractivity contribution in [3.63, 3.8) is 0 Å². The second-order valence-electron chi connectivity index (χ2n) is 5.79. The number of carbonyl (C=O) groups is 1. The van der Waals surface area contributed by atoms with Crippen LogP contribution in [-0.4, -0.2) is 29.4 Å². The van der Waals surface area contributed by atoms with Crippen molar-refractivity contribution in [2.75, 3.05) is 13.7 Å². The Balaban J connectivity index is 1.58. The lowest BCUT2D eigenvalue weighted by Gasteiger charge is -2.19. The Morgan fingerprint density at radius 1 is 1.30 bits per heavy atom. The molecule has 0 aliphatic carbocycles. The number of amides is 1. The average molecular weight is 311 g/mol. The van der Waals surface area contributed by atoms with Gasteiger partial charge in [0.2, 0.25) is 5.91 Å². The van der Waals surface area contributed by atoms with Gasteiger partial charge in [-0.25, -0.2) is 0 Å². The molecule has 3 rings (SSSR count). The van der Waals surface area contributed by atoms with Crippen LogP contribution < -0.4 is 10.1 Å². The molecule has 0 radical (unpaired) electrons. The minimum absolute atomic E-state index is 0.0104. The van der Waals surface area contributed by atoms with Crippen LogP contribution in [0.2, 0.25) is 0 Å². The van der Waals surface area contributed by atoms with E-state index in [9.17, 15) is 4.79 Å². The monoisotopic (exact) mass is 311 g/mol. The molecule has 0 spiro atoms. The molecule has 2 aromatic rings. The number of ether oxygens (including phenoxy) is 1. The van der Waals surface area contributed by atoms with Gasteiger partial charge in [-0.2, -0.15) is 0 Å². The molecular formula is C18H21N3O2. The molecule has 1 aromatic carbocycles. The first-order valence-corrected chi connectivity index (χ1v) is 7.75. The van der Waals surface area contributed by atoms with Crippen LogP contribution in [0, 0.1) is 0 Å². The minimum Gasteiger partial charge on any atom is -0.496 e. The van der Waals surface area contributed by atoms with Crippen LogP contribution in [0.1, 0.15) is 29.8 Å². The number of methoxy groups -OCH3 is 1. The highest BCUT2D eigenvalue weighted by molar-refractivity contribution is 5.78. The predicted molar refractivity (Wildman–Crippen MR) is 87.9 cm³/mol. The second kappa shape index (κ2) is 6.79. The smallest absolute Gasteiger partial charge is 0.234 e. The van der Waals surface area contributed by atoms with Crippen LogP contribution >= 0.6 is 0 Å². The highest BCUT2D eigenvalue weighted by atomic mass is 16.5. The maximum atomic E-state index is 12.3. The van der Waals surface area contributed by atoms with Crippen LogP contribution in [0.5, 0.6) is 5.75 Å². The lowest BCUT2D eigenvalue weighted by molar-refractivity contribution is -0.123. The van der Waals surface area contributed by atoms with E-state index < -0.39 is 0 Å². The summed E-state index contributed by atoms with van der Waals surface area (Å²) in [5.74, 6) is 0.800. The van der Waals surface area contributed by atoms with Gasteiger partial charge in [0.15, 0.2) is 0 Å². The summed E-state index contributed by atoms with van der Waals surface area (Å²) in [6.45, 7) is 3.85. The molecule has 0 bridgehead atoms. The Morgan fingerprint density at radius 3 is 2.91 bits per heavy atom. The number of pyridine rings is 1. The van der Waals surface area contributed by atoms with Crippen molar-refractivity contribution in [3.8, 4) is 5.75 Å². The Morgan fingerprint density at radius 2 is 2.13 bits per heavy atom. The maximum Gasteiger partial charge on any atom is 0.234 e. The van der Waals surface area contributed by atoms with Gasteiger partial charge in [0.05, 0.1) is 25.4 Å². The maximum absolute atomic E-state index is 12.3. The summed E-state index contributed by atoms with van der Waals surface area (Å²) in [6.07, 6.45) is 1.80. The normalized spacial score (nSPS) is 15.0. The molecule has 5 heteroatoms. The van der Waals surface area contributed by atoms with Gasteiger partial charge in [-0.3, -0.25) is 14.7 Å². The zero-order chi connectivity index (χ0) is 16.2. The first-order chi connectivity index (χ1) is 11.2. The number of carbonyl (C=O) groups excluding carboxylic acids is 1. The van der Waals surface area contributed by atoms with Gasteiger partial charge in [0.25, 0.3) is 0 Å². The van der Waals surface area contributed by atoms with E-state index in [2.05, 4.69) is 21.3 Å². The van der Waals surface area contributed by atoms with Crippen LogP contribution in [0.3, 0.4) is 0 Å². The van der Waals surface area contributed by atoms with Gasteiger partial charge >= 0.3 is 0 Å². The Bertz CT molecular complexity index is 677. The van der Waals surface area contributed by atoms with E-state index >= 15 is 0 Å². The number of fused-ring (bicyclic) bond motifs is 1. The van der Waals surface area contributed by atoms with Crippen molar-refractivity contribution in [2.24, 2.45) is 0 Å². The molecule has 120 valence electrons. The lowest BCUT2D eigenvalue weighted by Crippen LogP contribution is -2.36. The van der Waals surface area contributed by atoms with Crippen LogP contribution in [-0.2, 0) is 17.9 Å². The van der Waals surface area contributed by atoms with Crippen LogP contribution in [0.25, 0.3) is 0 Å². The van der Waals surface area contributed by atoms with E-state index in [1.165, 1.54) is 5.56 Å². The van der Waals surface area contributed by atoms with E-state index in [1.807, 2.05) is 37.3 Å². The number of hydrogen-bond acceptors (Lipinski definition) is 4. The number of nitrogens with one attached hydrogen (secondary N) is 1. The van der Waals surface area contributed by atoms with Crippen molar-refractivity contribution in [3.05, 3.63) is 59.4 Å². The van der Waals surface area contributed by atoms with Gasteiger partial charge < -0.3 is 10.1 Å². The summed E-state index contributed by atoms with van der Waals surface area (Å²) in [5.41, 5.74) is 3.26. The second-order valence-corrected chi connectivity index (χ2v) is 5.79. The molecule has 0 saturated carbocycles. The Hall–Kier alpha value is -2.40. The molecule has 0 fully saturated rings. The molecular weight excluding hydrogens is 290 g/mol. The van der Waals surface area contributed by atoms with Gasteiger partial charge in [-0.1, -0.05) is 24.3 Å². The molecule has 1 aliphatic rings. The zero-order valence-corrected chi connectivity index (χ0v) is 13.5. The van der Waals surface area contributed by atoms with E-state index in [0.717, 1.165) is 30.1 Å². The fraction of sp³-hybridized carbons (Fsp3) is 0.333. The first kappa shape index (κ1) is 15.5. The van der Waals surface area contributed by atoms with Crippen molar-refractivity contribution in [1.29, 1.82) is 0 Å². The highest BCUT2D eigenvalue weighted by Crippen LogP contribution is 2.24. The van der Waals surface area contributed by atoms with Crippen molar-refractivity contribution < 1.29 is 9.53 Å². The fourth-order valence-electron chi connectivity index (χ4n) is 2.97. The Labute approximate surface area is 136 Å². The Kier molecular flexibility index (Phi) is 4.57. The third-order valence-corrected chi connectivity index (χ3v) is 4.10. The standard InChI is InChI=1S/C18H21N3O2/c1-13(15-7-3-4-8-17(15)23-2)20-18(22)12-21-10-14-6-5-9-19-16(14)11-21/h3-9,13H,10-12H2,1-2H3,(H,20,22). The average Bonchev–Trinajstić information content (AvgIpc) is 2.96. The van der Waals surface area contributed by atoms with Gasteiger partial charge in [-0.05, 0) is 24.6 Å². The molecule has 1 aliphatic heterocycles. The third kappa shape index (κ3) is 3.51. The first-order valence-electron chi connectivity index (χ1n) is 7.75. The summed E-state index contributed by atoms with van der Waals surface area (Å²) < 4.78 is 5.35. The highest BCUT2D eigenvalue weighted by Gasteiger charge is 2.22. The predicted octanol–water partition coefficient (Wildman–Crippen LogP) is 2.28. The fourth-order valence-corrected chi connectivity index (χ4v) is 2.97. The molecule has 2 heterocycles. The molecule has 1 aromatic heterocycles. The van der Waals surface area contributed by atoms with Gasteiger partial charge in [0, 0.05) is 24.8 Å². The number of para-hydroxylation sites is 1. The molecule has 0 saturated heterocycles. The van der Waals surface area contributed by atoms with Crippen LogP contribution in [0.15, 0.2) is 42.6 Å². The van der Waals surface area contributed by atoms with E-state index in [-0.39, 0.29) is 11.9 Å². The number of rotatable bonds is 5. The molecule has 5 nitrogen and oxygen atoms in total. The number of hydrogen-bond donors (Lipinski definition) is 1. The van der Waals surface area contributed by atoms with Crippen molar-refractivity contribution in [1.82, 2.24) is 15.2 Å². The van der Waals surface area contributed by atoms with Gasteiger partial charge in [0.1, 0.15) is 5.75 Å². The van der Waals surface area contributed by atoms with Crippen molar-refractivity contribution in [2.45, 2.75) is 26.1 Å². The zero-order valence-electron chi connectivity index (χ0n) is 13.5. The topological polar surface area (TPSA) is 54.5 Å². The van der Waals surface area contributed by atoms with E-state index in [1.54, 1.807) is 13.3 Å². The number of benzene rings is 1. The summed E-state index contributed by atoms with van der Waals surface area (Å²) in [4.78, 5) is 18.8. The summed E-state index contributed by atoms with van der Waals surface area (Å²) in [7, 11) is 1.64. The third-order valence-electron chi connectivity index (χ3n) is 4.10. The van der Waals surface area contributed by atoms with Gasteiger partial charge in [-0.15, -0.1) is 0 Å². The molecule has 1 N–H and O–H groups in total. The van der Waals surface area contributed by atoms with Crippen LogP contribution in [0.4, 0.5) is 0 Å². The number of aromatic nitrogens is 1. The summed E-state index contributed by atoms with van der Waals surface area (Å²) in [6, 6.07) is 11.7. The summed E-state index contributed by atoms with van der Waals surface area (Å²) in [5, 5.41) is 3.04.